The van der Waals surface area contributed by atoms with Crippen LogP contribution >= 0.6 is 0 Å². The molecule has 0 spiro atoms. The number of rotatable bonds is 2. The summed E-state index contributed by atoms with van der Waals surface area (Å²) >= 11 is 0. The number of nitrogens with one attached hydrogen (secondary N) is 1. The zero-order valence-corrected chi connectivity index (χ0v) is 10.1. The third kappa shape index (κ3) is 2.04. The Morgan fingerprint density at radius 1 is 1.29 bits per heavy atom. The SMILES string of the molecule is CNC1(c2ccc(F)cc2)C=C(C)C=CC1N. The van der Waals surface area contributed by atoms with Crippen molar-refractivity contribution in [1.82, 2.24) is 5.32 Å². The average Bonchev–Trinajstić information content (AvgIpc) is 2.33. The third-order valence-electron chi connectivity index (χ3n) is 3.28. The Kier molecular flexibility index (Phi) is 3.13. The third-order valence-corrected chi connectivity index (χ3v) is 3.28. The Bertz CT molecular complexity index is 462. The quantitative estimate of drug-likeness (QED) is 0.819. The highest BCUT2D eigenvalue weighted by atomic mass is 19.1. The van der Waals surface area contributed by atoms with Gasteiger partial charge in [0.25, 0.3) is 0 Å². The molecule has 0 aromatic heterocycles. The molecular weight excluding hydrogens is 215 g/mol. The van der Waals surface area contributed by atoms with E-state index in [2.05, 4.69) is 11.4 Å². The van der Waals surface area contributed by atoms with Crippen molar-refractivity contribution in [2.75, 3.05) is 7.05 Å². The van der Waals surface area contributed by atoms with Crippen molar-refractivity contribution < 1.29 is 4.39 Å². The summed E-state index contributed by atoms with van der Waals surface area (Å²) in [6, 6.07) is 6.30. The van der Waals surface area contributed by atoms with E-state index in [1.54, 1.807) is 12.1 Å². The maximum atomic E-state index is 13.0. The van der Waals surface area contributed by atoms with Gasteiger partial charge in [-0.05, 0) is 31.7 Å². The van der Waals surface area contributed by atoms with Crippen molar-refractivity contribution in [2.45, 2.75) is 18.5 Å². The largest absolute Gasteiger partial charge is 0.322 e. The lowest BCUT2D eigenvalue weighted by molar-refractivity contribution is 0.403. The molecule has 0 bridgehead atoms. The smallest absolute Gasteiger partial charge is 0.123 e. The molecular formula is C14H17FN2. The van der Waals surface area contributed by atoms with E-state index in [9.17, 15) is 4.39 Å². The number of hydrogen-bond donors (Lipinski definition) is 2. The van der Waals surface area contributed by atoms with E-state index in [-0.39, 0.29) is 11.9 Å². The van der Waals surface area contributed by atoms with Crippen molar-refractivity contribution in [3.63, 3.8) is 0 Å². The van der Waals surface area contributed by atoms with Crippen molar-refractivity contribution in [3.05, 3.63) is 59.4 Å². The predicted molar refractivity (Wildman–Crippen MR) is 68.0 cm³/mol. The van der Waals surface area contributed by atoms with Crippen molar-refractivity contribution >= 4 is 0 Å². The molecule has 2 nitrogen and oxygen atoms in total. The Morgan fingerprint density at radius 2 is 1.94 bits per heavy atom. The molecule has 0 fully saturated rings. The van der Waals surface area contributed by atoms with Gasteiger partial charge in [0.15, 0.2) is 0 Å². The zero-order valence-electron chi connectivity index (χ0n) is 10.1. The maximum Gasteiger partial charge on any atom is 0.123 e. The van der Waals surface area contributed by atoms with Gasteiger partial charge in [-0.2, -0.15) is 0 Å². The van der Waals surface area contributed by atoms with Gasteiger partial charge in [0.2, 0.25) is 0 Å². The number of halogens is 1. The van der Waals surface area contributed by atoms with Gasteiger partial charge < -0.3 is 11.1 Å². The topological polar surface area (TPSA) is 38.0 Å². The van der Waals surface area contributed by atoms with Crippen LogP contribution in [0.2, 0.25) is 0 Å². The van der Waals surface area contributed by atoms with Crippen molar-refractivity contribution in [2.24, 2.45) is 5.73 Å². The molecule has 3 N–H and O–H groups in total. The van der Waals surface area contributed by atoms with Gasteiger partial charge in [0.05, 0.1) is 5.54 Å². The maximum absolute atomic E-state index is 13.0. The van der Waals surface area contributed by atoms with Crippen LogP contribution < -0.4 is 11.1 Å². The first kappa shape index (κ1) is 12.0. The van der Waals surface area contributed by atoms with Crippen LogP contribution in [0.15, 0.2) is 48.1 Å². The second kappa shape index (κ2) is 4.43. The molecule has 2 atom stereocenters. The Morgan fingerprint density at radius 3 is 2.53 bits per heavy atom. The minimum Gasteiger partial charge on any atom is -0.322 e. The second-order valence-corrected chi connectivity index (χ2v) is 4.40. The van der Waals surface area contributed by atoms with E-state index < -0.39 is 5.54 Å². The summed E-state index contributed by atoms with van der Waals surface area (Å²) in [5.41, 5.74) is 7.83. The summed E-state index contributed by atoms with van der Waals surface area (Å²) in [6.45, 7) is 2.03. The van der Waals surface area contributed by atoms with Gasteiger partial charge in [-0.1, -0.05) is 35.9 Å². The first-order valence-corrected chi connectivity index (χ1v) is 5.67. The first-order chi connectivity index (χ1) is 8.08. The molecule has 0 saturated carbocycles. The van der Waals surface area contributed by atoms with Crippen molar-refractivity contribution in [3.8, 4) is 0 Å². The summed E-state index contributed by atoms with van der Waals surface area (Å²) in [5, 5.41) is 3.26. The minimum atomic E-state index is -0.452. The van der Waals surface area contributed by atoms with E-state index in [0.717, 1.165) is 11.1 Å². The molecule has 2 rings (SSSR count). The van der Waals surface area contributed by atoms with E-state index in [0.29, 0.717) is 0 Å². The molecule has 0 heterocycles. The fourth-order valence-corrected chi connectivity index (χ4v) is 2.30. The zero-order chi connectivity index (χ0) is 12.5. The summed E-state index contributed by atoms with van der Waals surface area (Å²) in [4.78, 5) is 0. The molecule has 1 aromatic carbocycles. The molecule has 2 unspecified atom stereocenters. The number of hydrogen-bond acceptors (Lipinski definition) is 2. The second-order valence-electron chi connectivity index (χ2n) is 4.40. The lowest BCUT2D eigenvalue weighted by atomic mass is 9.78. The molecule has 0 aliphatic heterocycles. The van der Waals surface area contributed by atoms with Crippen LogP contribution in [-0.2, 0) is 5.54 Å². The van der Waals surface area contributed by atoms with Gasteiger partial charge in [-0.15, -0.1) is 0 Å². The van der Waals surface area contributed by atoms with Crippen molar-refractivity contribution in [1.29, 1.82) is 0 Å². The standard InChI is InChI=1S/C14H17FN2/c1-10-3-8-13(16)14(9-10,17-2)11-4-6-12(15)7-5-11/h3-9,13,17H,16H2,1-2H3. The van der Waals surface area contributed by atoms with Gasteiger partial charge >= 0.3 is 0 Å². The molecule has 0 radical (unpaired) electrons. The molecule has 3 heteroatoms. The van der Waals surface area contributed by atoms with Gasteiger partial charge in [0.1, 0.15) is 5.82 Å². The Hall–Kier alpha value is -1.45. The molecule has 1 aliphatic rings. The summed E-state index contributed by atoms with van der Waals surface area (Å²) < 4.78 is 13.0. The van der Waals surface area contributed by atoms with Gasteiger partial charge in [-0.25, -0.2) is 4.39 Å². The first-order valence-electron chi connectivity index (χ1n) is 5.67. The van der Waals surface area contributed by atoms with Gasteiger partial charge in [-0.3, -0.25) is 0 Å². The predicted octanol–water partition coefficient (Wildman–Crippen LogP) is 2.08. The summed E-state index contributed by atoms with van der Waals surface area (Å²) in [5.74, 6) is -0.236. The number of allylic oxidation sites excluding steroid dienone is 2. The normalized spacial score (nSPS) is 28.0. The summed E-state index contributed by atoms with van der Waals surface area (Å²) in [6.07, 6.45) is 6.06. The Balaban J connectivity index is 2.50. The number of likely N-dealkylation sites (N-methyl/N-ethyl adjacent to an activating group) is 1. The van der Waals surface area contributed by atoms with E-state index in [4.69, 9.17) is 5.73 Å². The van der Waals surface area contributed by atoms with Crippen LogP contribution in [0, 0.1) is 5.82 Å². The van der Waals surface area contributed by atoms with Crippen LogP contribution in [0.25, 0.3) is 0 Å². The monoisotopic (exact) mass is 232 g/mol. The molecule has 17 heavy (non-hydrogen) atoms. The van der Waals surface area contributed by atoms with Crippen LogP contribution in [0.5, 0.6) is 0 Å². The fraction of sp³-hybridized carbons (Fsp3) is 0.286. The highest BCUT2D eigenvalue weighted by Gasteiger charge is 2.35. The Labute approximate surface area is 101 Å². The molecule has 1 aromatic rings. The summed E-state index contributed by atoms with van der Waals surface area (Å²) in [7, 11) is 1.87. The molecule has 90 valence electrons. The van der Waals surface area contributed by atoms with Gasteiger partial charge in [0, 0.05) is 6.04 Å². The highest BCUT2D eigenvalue weighted by Crippen LogP contribution is 2.31. The molecule has 0 amide bonds. The van der Waals surface area contributed by atoms with Crippen LogP contribution in [-0.4, -0.2) is 13.1 Å². The number of benzene rings is 1. The minimum absolute atomic E-state index is 0.165. The molecule has 1 aliphatic carbocycles. The number of nitrogens with two attached hydrogens (primary N) is 1. The lowest BCUT2D eigenvalue weighted by Gasteiger charge is -2.38. The van der Waals surface area contributed by atoms with Crippen LogP contribution in [0.1, 0.15) is 12.5 Å². The average molecular weight is 232 g/mol. The fourth-order valence-electron chi connectivity index (χ4n) is 2.30. The lowest BCUT2D eigenvalue weighted by Crippen LogP contribution is -2.53. The van der Waals surface area contributed by atoms with E-state index in [1.807, 2.05) is 26.1 Å². The molecule has 0 saturated heterocycles. The van der Waals surface area contributed by atoms with Crippen LogP contribution in [0.3, 0.4) is 0 Å². The van der Waals surface area contributed by atoms with E-state index >= 15 is 0 Å². The van der Waals surface area contributed by atoms with Crippen LogP contribution in [0.4, 0.5) is 4.39 Å². The highest BCUT2D eigenvalue weighted by molar-refractivity contribution is 5.41. The van der Waals surface area contributed by atoms with E-state index in [1.165, 1.54) is 12.1 Å².